The minimum absolute atomic E-state index is 0.232. The number of carbonyl (C=O) groups excluding carboxylic acids is 1. The molecule has 6 heteroatoms. The average molecular weight is 285 g/mol. The van der Waals surface area contributed by atoms with E-state index in [9.17, 15) is 18.0 Å². The molecule has 0 radical (unpaired) electrons. The number of hydrogen-bond donors (Lipinski definition) is 0. The minimum atomic E-state index is -4.51. The predicted octanol–water partition coefficient (Wildman–Crippen LogP) is 3.82. The normalized spacial score (nSPS) is 17.6. The number of ether oxygens (including phenoxy) is 1. The minimum Gasteiger partial charge on any atom is -0.496 e. The van der Waals surface area contributed by atoms with Gasteiger partial charge in [-0.25, -0.2) is 4.79 Å². The molecule has 0 atom stereocenters. The van der Waals surface area contributed by atoms with Gasteiger partial charge in [0, 0.05) is 0 Å². The standard InChI is InChI=1S/C14H14F3NO2/c1-20-12-5-4-10(8-11(12)14(15,16)17)13(18-9-19)6-2-3-7-13/h4-5,8H,2-3,6-7H2,1H3. The van der Waals surface area contributed by atoms with Gasteiger partial charge in [0.15, 0.2) is 0 Å². The summed E-state index contributed by atoms with van der Waals surface area (Å²) in [6.07, 6.45) is -0.223. The van der Waals surface area contributed by atoms with Crippen molar-refractivity contribution in [1.82, 2.24) is 0 Å². The lowest BCUT2D eigenvalue weighted by atomic mass is 9.87. The number of rotatable bonds is 3. The molecule has 0 saturated heterocycles. The van der Waals surface area contributed by atoms with Gasteiger partial charge in [-0.05, 0) is 30.5 Å². The van der Waals surface area contributed by atoms with Crippen LogP contribution in [0.1, 0.15) is 36.8 Å². The number of hydrogen-bond acceptors (Lipinski definition) is 3. The number of alkyl halides is 3. The third-order valence-corrected chi connectivity index (χ3v) is 3.73. The van der Waals surface area contributed by atoms with Gasteiger partial charge in [-0.15, -0.1) is 0 Å². The fraction of sp³-hybridized carbons (Fsp3) is 0.500. The van der Waals surface area contributed by atoms with Crippen LogP contribution < -0.4 is 4.74 Å². The lowest BCUT2D eigenvalue weighted by molar-refractivity contribution is -0.138. The van der Waals surface area contributed by atoms with E-state index in [1.807, 2.05) is 0 Å². The van der Waals surface area contributed by atoms with E-state index < -0.39 is 17.3 Å². The highest BCUT2D eigenvalue weighted by Crippen LogP contribution is 2.45. The van der Waals surface area contributed by atoms with Crippen LogP contribution in [0.25, 0.3) is 0 Å². The predicted molar refractivity (Wildman–Crippen MR) is 66.3 cm³/mol. The maximum atomic E-state index is 13.0. The van der Waals surface area contributed by atoms with E-state index in [0.29, 0.717) is 18.4 Å². The molecule has 1 aromatic carbocycles. The topological polar surface area (TPSA) is 38.7 Å². The molecule has 0 amide bonds. The van der Waals surface area contributed by atoms with E-state index in [1.165, 1.54) is 19.3 Å². The molecule has 1 fully saturated rings. The van der Waals surface area contributed by atoms with Gasteiger partial charge in [0.2, 0.25) is 6.08 Å². The molecular formula is C14H14F3NO2. The van der Waals surface area contributed by atoms with Gasteiger partial charge in [0.1, 0.15) is 5.75 Å². The summed E-state index contributed by atoms with van der Waals surface area (Å²) in [6, 6.07) is 3.85. The first-order chi connectivity index (χ1) is 9.43. The second kappa shape index (κ2) is 5.29. The molecule has 0 aromatic heterocycles. The molecule has 1 aromatic rings. The van der Waals surface area contributed by atoms with Crippen LogP contribution in [0.15, 0.2) is 23.2 Å². The maximum absolute atomic E-state index is 13.0. The first kappa shape index (κ1) is 14.6. The number of aliphatic imine (C=N–C) groups is 1. The molecule has 20 heavy (non-hydrogen) atoms. The molecule has 1 aliphatic carbocycles. The van der Waals surface area contributed by atoms with E-state index in [2.05, 4.69) is 4.99 Å². The van der Waals surface area contributed by atoms with Gasteiger partial charge in [0.25, 0.3) is 0 Å². The van der Waals surface area contributed by atoms with Gasteiger partial charge >= 0.3 is 6.18 Å². The molecule has 1 aliphatic rings. The van der Waals surface area contributed by atoms with Gasteiger partial charge in [-0.2, -0.15) is 18.2 Å². The monoisotopic (exact) mass is 285 g/mol. The van der Waals surface area contributed by atoms with Crippen molar-refractivity contribution < 1.29 is 22.7 Å². The highest BCUT2D eigenvalue weighted by molar-refractivity contribution is 5.44. The Hall–Kier alpha value is -1.81. The second-order valence-electron chi connectivity index (χ2n) is 4.85. The van der Waals surface area contributed by atoms with Crippen LogP contribution in [0.5, 0.6) is 5.75 Å². The fourth-order valence-corrected chi connectivity index (χ4v) is 2.73. The van der Waals surface area contributed by atoms with Crippen molar-refractivity contribution in [2.24, 2.45) is 4.99 Å². The Morgan fingerprint density at radius 2 is 1.95 bits per heavy atom. The second-order valence-corrected chi connectivity index (χ2v) is 4.85. The summed E-state index contributed by atoms with van der Waals surface area (Å²) in [7, 11) is 1.19. The summed E-state index contributed by atoms with van der Waals surface area (Å²) < 4.78 is 43.8. The highest BCUT2D eigenvalue weighted by atomic mass is 19.4. The molecule has 108 valence electrons. The van der Waals surface area contributed by atoms with E-state index in [4.69, 9.17) is 4.74 Å². The van der Waals surface area contributed by atoms with Crippen LogP contribution in [0, 0.1) is 0 Å². The van der Waals surface area contributed by atoms with Crippen molar-refractivity contribution in [1.29, 1.82) is 0 Å². The number of methoxy groups -OCH3 is 1. The molecule has 0 N–H and O–H groups in total. The lowest BCUT2D eigenvalue weighted by Gasteiger charge is -2.24. The van der Waals surface area contributed by atoms with Crippen LogP contribution in [-0.4, -0.2) is 13.2 Å². The molecule has 0 spiro atoms. The zero-order valence-corrected chi connectivity index (χ0v) is 11.0. The molecule has 1 saturated carbocycles. The molecule has 0 heterocycles. The largest absolute Gasteiger partial charge is 0.496 e. The molecule has 0 bridgehead atoms. The van der Waals surface area contributed by atoms with Crippen LogP contribution in [-0.2, 0) is 16.5 Å². The van der Waals surface area contributed by atoms with E-state index in [0.717, 1.165) is 18.9 Å². The fourth-order valence-electron chi connectivity index (χ4n) is 2.73. The Bertz CT molecular complexity index is 542. The summed E-state index contributed by atoms with van der Waals surface area (Å²) in [5.74, 6) is -0.232. The quantitative estimate of drug-likeness (QED) is 0.625. The summed E-state index contributed by atoms with van der Waals surface area (Å²) in [6.45, 7) is 0. The number of nitrogens with zero attached hydrogens (tertiary/aromatic N) is 1. The Morgan fingerprint density at radius 3 is 2.45 bits per heavy atom. The third-order valence-electron chi connectivity index (χ3n) is 3.73. The number of halogens is 3. The van der Waals surface area contributed by atoms with Gasteiger partial charge < -0.3 is 4.74 Å². The smallest absolute Gasteiger partial charge is 0.419 e. The molecule has 0 aliphatic heterocycles. The number of isocyanates is 1. The Balaban J connectivity index is 2.55. The van der Waals surface area contributed by atoms with E-state index >= 15 is 0 Å². The Kier molecular flexibility index (Phi) is 3.86. The zero-order chi connectivity index (χ0) is 14.8. The van der Waals surface area contributed by atoms with Gasteiger partial charge in [-0.1, -0.05) is 18.9 Å². The molecular weight excluding hydrogens is 271 g/mol. The van der Waals surface area contributed by atoms with E-state index in [1.54, 1.807) is 6.07 Å². The summed E-state index contributed by atoms with van der Waals surface area (Å²) in [5.41, 5.74) is -1.31. The molecule has 3 nitrogen and oxygen atoms in total. The summed E-state index contributed by atoms with van der Waals surface area (Å²) in [5, 5.41) is 0. The third kappa shape index (κ3) is 2.56. The van der Waals surface area contributed by atoms with Crippen molar-refractivity contribution in [2.45, 2.75) is 37.4 Å². The average Bonchev–Trinajstić information content (AvgIpc) is 2.87. The van der Waals surface area contributed by atoms with E-state index in [-0.39, 0.29) is 5.75 Å². The highest BCUT2D eigenvalue weighted by Gasteiger charge is 2.40. The van der Waals surface area contributed by atoms with Crippen LogP contribution in [0.2, 0.25) is 0 Å². The van der Waals surface area contributed by atoms with Crippen molar-refractivity contribution in [3.63, 3.8) is 0 Å². The Labute approximate surface area is 114 Å². The molecule has 0 unspecified atom stereocenters. The first-order valence-electron chi connectivity index (χ1n) is 6.28. The Morgan fingerprint density at radius 1 is 1.30 bits per heavy atom. The lowest BCUT2D eigenvalue weighted by Crippen LogP contribution is -2.20. The number of benzene rings is 1. The SMILES string of the molecule is COc1ccc(C2(N=C=O)CCCC2)cc1C(F)(F)F. The van der Waals surface area contributed by atoms with Crippen molar-refractivity contribution in [3.8, 4) is 5.75 Å². The summed E-state index contributed by atoms with van der Waals surface area (Å²) >= 11 is 0. The summed E-state index contributed by atoms with van der Waals surface area (Å²) in [4.78, 5) is 14.4. The van der Waals surface area contributed by atoms with Crippen molar-refractivity contribution in [2.75, 3.05) is 7.11 Å². The zero-order valence-electron chi connectivity index (χ0n) is 11.0. The van der Waals surface area contributed by atoms with Gasteiger partial charge in [-0.3, -0.25) is 0 Å². The molecule has 2 rings (SSSR count). The first-order valence-corrected chi connectivity index (χ1v) is 6.28. The van der Waals surface area contributed by atoms with Crippen LogP contribution in [0.3, 0.4) is 0 Å². The van der Waals surface area contributed by atoms with Crippen molar-refractivity contribution in [3.05, 3.63) is 29.3 Å². The van der Waals surface area contributed by atoms with Crippen LogP contribution >= 0.6 is 0 Å². The van der Waals surface area contributed by atoms with Crippen molar-refractivity contribution >= 4 is 6.08 Å². The van der Waals surface area contributed by atoms with Crippen LogP contribution in [0.4, 0.5) is 13.2 Å². The maximum Gasteiger partial charge on any atom is 0.419 e. The van der Waals surface area contributed by atoms with Gasteiger partial charge in [0.05, 0.1) is 18.2 Å².